The van der Waals surface area contributed by atoms with Gasteiger partial charge in [-0.2, -0.15) is 0 Å². The van der Waals surface area contributed by atoms with Crippen LogP contribution in [0.4, 0.5) is 4.79 Å². The molecule has 1 aromatic rings. The fourth-order valence-corrected chi connectivity index (χ4v) is 2.90. The number of rotatable bonds is 5. The van der Waals surface area contributed by atoms with Gasteiger partial charge in [0.1, 0.15) is 0 Å². The van der Waals surface area contributed by atoms with Crippen molar-refractivity contribution in [3.63, 3.8) is 0 Å². The van der Waals surface area contributed by atoms with Gasteiger partial charge in [-0.15, -0.1) is 0 Å². The van der Waals surface area contributed by atoms with Crippen LogP contribution in [-0.4, -0.2) is 71.0 Å². The Morgan fingerprint density at radius 2 is 1.86 bits per heavy atom. The Morgan fingerprint density at radius 1 is 1.23 bits per heavy atom. The van der Waals surface area contributed by atoms with Crippen molar-refractivity contribution < 1.29 is 4.79 Å². The lowest BCUT2D eigenvalue weighted by Crippen LogP contribution is -2.54. The highest BCUT2D eigenvalue weighted by atomic mass is 16.2. The van der Waals surface area contributed by atoms with Crippen molar-refractivity contribution in [1.82, 2.24) is 19.7 Å². The number of amides is 2. The quantitative estimate of drug-likeness (QED) is 0.836. The summed E-state index contributed by atoms with van der Waals surface area (Å²) >= 11 is 0. The summed E-state index contributed by atoms with van der Waals surface area (Å²) in [7, 11) is 0. The number of aromatic nitrogens is 1. The number of pyridine rings is 1. The topological polar surface area (TPSA) is 39.7 Å². The van der Waals surface area contributed by atoms with Gasteiger partial charge < -0.3 is 9.80 Å². The van der Waals surface area contributed by atoms with Gasteiger partial charge in [0, 0.05) is 57.7 Å². The van der Waals surface area contributed by atoms with Gasteiger partial charge in [-0.1, -0.05) is 0 Å². The Hall–Kier alpha value is -1.62. The van der Waals surface area contributed by atoms with Crippen molar-refractivity contribution in [3.8, 4) is 0 Å². The first-order chi connectivity index (χ1) is 10.6. The smallest absolute Gasteiger partial charge is 0.320 e. The van der Waals surface area contributed by atoms with Crippen LogP contribution in [0.3, 0.4) is 0 Å². The van der Waals surface area contributed by atoms with Gasteiger partial charge in [-0.05, 0) is 44.9 Å². The summed E-state index contributed by atoms with van der Waals surface area (Å²) in [5.74, 6) is 0. The molecule has 1 fully saturated rings. The summed E-state index contributed by atoms with van der Waals surface area (Å²) in [6, 6.07) is 4.59. The van der Waals surface area contributed by atoms with E-state index < -0.39 is 0 Å². The summed E-state index contributed by atoms with van der Waals surface area (Å²) in [6.07, 6.45) is 4.73. The Bertz CT molecular complexity index is 455. The largest absolute Gasteiger partial charge is 0.323 e. The lowest BCUT2D eigenvalue weighted by molar-refractivity contribution is 0.107. The van der Waals surface area contributed by atoms with Crippen LogP contribution >= 0.6 is 0 Å². The molecule has 5 heteroatoms. The Balaban J connectivity index is 1.77. The number of hydrogen-bond donors (Lipinski definition) is 0. The first kappa shape index (κ1) is 16.7. The molecule has 1 aromatic heterocycles. The second-order valence-corrected chi connectivity index (χ2v) is 6.10. The molecule has 0 aromatic carbocycles. The average molecular weight is 304 g/mol. The minimum atomic E-state index is 0.186. The molecule has 1 aliphatic heterocycles. The third-order valence-electron chi connectivity index (χ3n) is 4.32. The maximum atomic E-state index is 12.5. The van der Waals surface area contributed by atoms with E-state index in [4.69, 9.17) is 0 Å². The molecule has 0 aliphatic carbocycles. The van der Waals surface area contributed by atoms with Crippen LogP contribution in [0, 0.1) is 0 Å². The van der Waals surface area contributed by atoms with Gasteiger partial charge in [0.15, 0.2) is 0 Å². The normalized spacial score (nSPS) is 16.1. The van der Waals surface area contributed by atoms with Crippen LogP contribution in [0.2, 0.25) is 0 Å². The first-order valence-electron chi connectivity index (χ1n) is 8.28. The maximum absolute atomic E-state index is 12.5. The van der Waals surface area contributed by atoms with Crippen LogP contribution in [0.15, 0.2) is 24.5 Å². The molecule has 2 heterocycles. The number of nitrogens with zero attached hydrogens (tertiary/aromatic N) is 4. The standard InChI is InChI=1S/C17H28N4O/c1-4-21(15(2)3)17(22)20-13-11-19(12-14-20)10-7-16-5-8-18-9-6-16/h5-6,8-9,15H,4,7,10-14H2,1-3H3. The lowest BCUT2D eigenvalue weighted by Gasteiger charge is -2.38. The van der Waals surface area contributed by atoms with E-state index in [-0.39, 0.29) is 12.1 Å². The predicted molar refractivity (Wildman–Crippen MR) is 88.9 cm³/mol. The number of carbonyl (C=O) groups is 1. The van der Waals surface area contributed by atoms with Crippen molar-refractivity contribution >= 4 is 6.03 Å². The summed E-state index contributed by atoms with van der Waals surface area (Å²) in [4.78, 5) is 22.9. The molecule has 0 spiro atoms. The monoisotopic (exact) mass is 304 g/mol. The maximum Gasteiger partial charge on any atom is 0.320 e. The fraction of sp³-hybridized carbons (Fsp3) is 0.647. The van der Waals surface area contributed by atoms with Crippen molar-refractivity contribution in [1.29, 1.82) is 0 Å². The molecule has 0 atom stereocenters. The first-order valence-corrected chi connectivity index (χ1v) is 8.28. The molecule has 0 N–H and O–H groups in total. The van der Waals surface area contributed by atoms with E-state index in [1.54, 1.807) is 0 Å². The number of hydrogen-bond acceptors (Lipinski definition) is 3. The Kier molecular flexibility index (Phi) is 6.19. The molecule has 0 unspecified atom stereocenters. The van der Waals surface area contributed by atoms with Crippen molar-refractivity contribution in [2.75, 3.05) is 39.3 Å². The van der Waals surface area contributed by atoms with Crippen LogP contribution in [0.25, 0.3) is 0 Å². The summed E-state index contributed by atoms with van der Waals surface area (Å²) < 4.78 is 0. The van der Waals surface area contributed by atoms with Gasteiger partial charge >= 0.3 is 6.03 Å². The summed E-state index contributed by atoms with van der Waals surface area (Å²) in [6.45, 7) is 11.6. The lowest BCUT2D eigenvalue weighted by atomic mass is 10.2. The molecule has 1 saturated heterocycles. The highest BCUT2D eigenvalue weighted by molar-refractivity contribution is 5.74. The molecular weight excluding hydrogens is 276 g/mol. The zero-order chi connectivity index (χ0) is 15.9. The summed E-state index contributed by atoms with van der Waals surface area (Å²) in [5, 5.41) is 0. The van der Waals surface area contributed by atoms with Gasteiger partial charge in [-0.25, -0.2) is 4.79 Å². The second kappa shape index (κ2) is 8.13. The van der Waals surface area contributed by atoms with Crippen LogP contribution in [0.5, 0.6) is 0 Å². The third kappa shape index (κ3) is 4.44. The molecule has 0 bridgehead atoms. The minimum absolute atomic E-state index is 0.186. The van der Waals surface area contributed by atoms with Crippen LogP contribution in [-0.2, 0) is 6.42 Å². The SMILES string of the molecule is CCN(C(=O)N1CCN(CCc2ccncc2)CC1)C(C)C. The molecule has 22 heavy (non-hydrogen) atoms. The average Bonchev–Trinajstić information content (AvgIpc) is 2.54. The molecule has 122 valence electrons. The van der Waals surface area contributed by atoms with E-state index in [9.17, 15) is 4.79 Å². The molecule has 2 rings (SSSR count). The highest BCUT2D eigenvalue weighted by Crippen LogP contribution is 2.09. The molecule has 0 saturated carbocycles. The molecular formula is C17H28N4O. The Labute approximate surface area is 133 Å². The van der Waals surface area contributed by atoms with Crippen LogP contribution < -0.4 is 0 Å². The fourth-order valence-electron chi connectivity index (χ4n) is 2.90. The zero-order valence-corrected chi connectivity index (χ0v) is 14.0. The van der Waals surface area contributed by atoms with E-state index in [2.05, 4.69) is 35.9 Å². The van der Waals surface area contributed by atoms with E-state index in [0.29, 0.717) is 0 Å². The summed E-state index contributed by atoms with van der Waals surface area (Å²) in [5.41, 5.74) is 1.32. The Morgan fingerprint density at radius 3 is 2.41 bits per heavy atom. The minimum Gasteiger partial charge on any atom is -0.323 e. The molecule has 5 nitrogen and oxygen atoms in total. The molecule has 0 radical (unpaired) electrons. The van der Waals surface area contributed by atoms with Gasteiger partial charge in [-0.3, -0.25) is 9.88 Å². The molecule has 1 aliphatic rings. The number of urea groups is 1. The van der Waals surface area contributed by atoms with Crippen molar-refractivity contribution in [3.05, 3.63) is 30.1 Å². The van der Waals surface area contributed by atoms with E-state index >= 15 is 0 Å². The van der Waals surface area contributed by atoms with Gasteiger partial charge in [0.05, 0.1) is 0 Å². The number of carbonyl (C=O) groups excluding carboxylic acids is 1. The number of piperazine rings is 1. The highest BCUT2D eigenvalue weighted by Gasteiger charge is 2.25. The van der Waals surface area contributed by atoms with Gasteiger partial charge in [0.2, 0.25) is 0 Å². The second-order valence-electron chi connectivity index (χ2n) is 6.10. The van der Waals surface area contributed by atoms with E-state index in [0.717, 1.165) is 45.7 Å². The van der Waals surface area contributed by atoms with Crippen LogP contribution in [0.1, 0.15) is 26.3 Å². The van der Waals surface area contributed by atoms with Gasteiger partial charge in [0.25, 0.3) is 0 Å². The zero-order valence-electron chi connectivity index (χ0n) is 14.0. The van der Waals surface area contributed by atoms with Crippen molar-refractivity contribution in [2.24, 2.45) is 0 Å². The van der Waals surface area contributed by atoms with Crippen molar-refractivity contribution in [2.45, 2.75) is 33.2 Å². The predicted octanol–water partition coefficient (Wildman–Crippen LogP) is 2.09. The third-order valence-corrected chi connectivity index (χ3v) is 4.32. The van der Waals surface area contributed by atoms with E-state index in [1.807, 2.05) is 29.1 Å². The van der Waals surface area contributed by atoms with E-state index in [1.165, 1.54) is 5.56 Å². The molecule has 2 amide bonds.